The topological polar surface area (TPSA) is 69.4 Å². The average molecular weight is 221 g/mol. The number of nitrogens with two attached hydrogens (primary N) is 1. The summed E-state index contributed by atoms with van der Waals surface area (Å²) in [6.45, 7) is 1.94. The van der Waals surface area contributed by atoms with Gasteiger partial charge in [0.15, 0.2) is 5.78 Å². The van der Waals surface area contributed by atoms with Gasteiger partial charge in [-0.15, -0.1) is 0 Å². The largest absolute Gasteiger partial charge is 0.468 e. The summed E-state index contributed by atoms with van der Waals surface area (Å²) in [4.78, 5) is 22.7. The Morgan fingerprint density at radius 1 is 1.31 bits per heavy atom. The van der Waals surface area contributed by atoms with E-state index in [9.17, 15) is 9.59 Å². The molecule has 1 rings (SSSR count). The van der Waals surface area contributed by atoms with Crippen LogP contribution in [0.2, 0.25) is 0 Å². The molecule has 0 radical (unpaired) electrons. The van der Waals surface area contributed by atoms with Crippen molar-refractivity contribution in [3.63, 3.8) is 0 Å². The molecule has 0 aliphatic rings. The molecule has 0 fully saturated rings. The monoisotopic (exact) mass is 221 g/mol. The number of carbonyl (C=O) groups excluding carboxylic acids is 2. The van der Waals surface area contributed by atoms with E-state index in [1.165, 1.54) is 7.11 Å². The third-order valence-electron chi connectivity index (χ3n) is 2.28. The van der Waals surface area contributed by atoms with Gasteiger partial charge in [0.2, 0.25) is 0 Å². The summed E-state index contributed by atoms with van der Waals surface area (Å²) < 4.78 is 4.45. The Morgan fingerprint density at radius 2 is 1.88 bits per heavy atom. The van der Waals surface area contributed by atoms with Crippen molar-refractivity contribution in [1.29, 1.82) is 0 Å². The van der Waals surface area contributed by atoms with E-state index >= 15 is 0 Å². The van der Waals surface area contributed by atoms with Gasteiger partial charge in [-0.05, 0) is 6.92 Å². The number of hydrogen-bond acceptors (Lipinski definition) is 4. The molecule has 0 saturated carbocycles. The number of rotatable bonds is 4. The zero-order valence-electron chi connectivity index (χ0n) is 9.40. The van der Waals surface area contributed by atoms with E-state index in [0.717, 1.165) is 5.56 Å². The first-order valence-electron chi connectivity index (χ1n) is 4.98. The first-order valence-corrected chi connectivity index (χ1v) is 4.98. The molecule has 0 saturated heterocycles. The molecule has 4 nitrogen and oxygen atoms in total. The van der Waals surface area contributed by atoms with E-state index in [2.05, 4.69) is 4.74 Å². The zero-order valence-corrected chi connectivity index (χ0v) is 9.40. The summed E-state index contributed by atoms with van der Waals surface area (Å²) in [5.74, 6) is -0.724. The molecule has 0 heterocycles. The lowest BCUT2D eigenvalue weighted by atomic mass is 10.0. The minimum Gasteiger partial charge on any atom is -0.468 e. The highest BCUT2D eigenvalue weighted by Crippen LogP contribution is 2.07. The molecule has 1 atom stereocenters. The maximum Gasteiger partial charge on any atom is 0.323 e. The van der Waals surface area contributed by atoms with Crippen molar-refractivity contribution in [2.24, 2.45) is 5.73 Å². The van der Waals surface area contributed by atoms with Gasteiger partial charge in [-0.25, -0.2) is 0 Å². The lowest BCUT2D eigenvalue weighted by Crippen LogP contribution is -2.33. The molecule has 0 spiro atoms. The van der Waals surface area contributed by atoms with Crippen molar-refractivity contribution in [2.45, 2.75) is 19.4 Å². The molecule has 0 aliphatic heterocycles. The van der Waals surface area contributed by atoms with Gasteiger partial charge < -0.3 is 10.5 Å². The van der Waals surface area contributed by atoms with Crippen molar-refractivity contribution in [3.8, 4) is 0 Å². The van der Waals surface area contributed by atoms with Crippen molar-refractivity contribution in [3.05, 3.63) is 35.4 Å². The first kappa shape index (κ1) is 12.4. The lowest BCUT2D eigenvalue weighted by Gasteiger charge is -2.08. The summed E-state index contributed by atoms with van der Waals surface area (Å²) in [5.41, 5.74) is 7.14. The Hall–Kier alpha value is -1.68. The minimum atomic E-state index is -0.890. The van der Waals surface area contributed by atoms with Crippen molar-refractivity contribution in [2.75, 3.05) is 7.11 Å². The van der Waals surface area contributed by atoms with E-state index in [0.29, 0.717) is 5.56 Å². The molecule has 0 bridgehead atoms. The number of ketones is 1. The van der Waals surface area contributed by atoms with Crippen LogP contribution in [-0.2, 0) is 9.53 Å². The summed E-state index contributed by atoms with van der Waals surface area (Å²) in [6.07, 6.45) is -0.0320. The summed E-state index contributed by atoms with van der Waals surface area (Å²) in [6, 6.07) is 6.25. The van der Waals surface area contributed by atoms with Gasteiger partial charge >= 0.3 is 5.97 Å². The lowest BCUT2D eigenvalue weighted by molar-refractivity contribution is -0.142. The Morgan fingerprint density at radius 3 is 2.38 bits per heavy atom. The van der Waals surface area contributed by atoms with Gasteiger partial charge in [-0.2, -0.15) is 0 Å². The van der Waals surface area contributed by atoms with Crippen LogP contribution in [0.25, 0.3) is 0 Å². The Bertz CT molecular complexity index is 384. The number of hydrogen-bond donors (Lipinski definition) is 1. The van der Waals surface area contributed by atoms with E-state index in [4.69, 9.17) is 5.73 Å². The second kappa shape index (κ2) is 5.42. The minimum absolute atomic E-state index is 0.0320. The van der Waals surface area contributed by atoms with E-state index in [1.54, 1.807) is 12.1 Å². The number of methoxy groups -OCH3 is 1. The Kier molecular flexibility index (Phi) is 4.19. The SMILES string of the molecule is COC(=O)C(N)CC(=O)c1ccc(C)cc1. The Balaban J connectivity index is 2.65. The van der Waals surface area contributed by atoms with Gasteiger partial charge in [0.25, 0.3) is 0 Å². The predicted molar refractivity (Wildman–Crippen MR) is 60.1 cm³/mol. The van der Waals surface area contributed by atoms with Crippen LogP contribution in [-0.4, -0.2) is 24.9 Å². The third-order valence-corrected chi connectivity index (χ3v) is 2.28. The highest BCUT2D eigenvalue weighted by Gasteiger charge is 2.18. The van der Waals surface area contributed by atoms with Crippen molar-refractivity contribution >= 4 is 11.8 Å². The maximum atomic E-state index is 11.7. The fourth-order valence-electron chi connectivity index (χ4n) is 1.29. The van der Waals surface area contributed by atoms with Crippen molar-refractivity contribution in [1.82, 2.24) is 0 Å². The van der Waals surface area contributed by atoms with Crippen LogP contribution in [0, 0.1) is 6.92 Å². The zero-order chi connectivity index (χ0) is 12.1. The summed E-state index contributed by atoms with van der Waals surface area (Å²) in [5, 5.41) is 0. The second-order valence-corrected chi connectivity index (χ2v) is 3.62. The van der Waals surface area contributed by atoms with Crippen LogP contribution in [0.15, 0.2) is 24.3 Å². The number of Topliss-reactive ketones (excluding diaryl/α,β-unsaturated/α-hetero) is 1. The van der Waals surface area contributed by atoms with Crippen LogP contribution in [0.1, 0.15) is 22.3 Å². The number of aryl methyl sites for hydroxylation is 1. The number of benzene rings is 1. The number of esters is 1. The molecular weight excluding hydrogens is 206 g/mol. The summed E-state index contributed by atoms with van der Waals surface area (Å²) in [7, 11) is 1.25. The first-order chi connectivity index (χ1) is 7.54. The quantitative estimate of drug-likeness (QED) is 0.610. The van der Waals surface area contributed by atoms with Crippen LogP contribution >= 0.6 is 0 Å². The molecule has 86 valence electrons. The molecule has 0 aliphatic carbocycles. The molecule has 16 heavy (non-hydrogen) atoms. The van der Waals surface area contributed by atoms with E-state index in [-0.39, 0.29) is 12.2 Å². The van der Waals surface area contributed by atoms with Crippen LogP contribution in [0.5, 0.6) is 0 Å². The Labute approximate surface area is 94.4 Å². The number of carbonyl (C=O) groups is 2. The van der Waals surface area contributed by atoms with Crippen molar-refractivity contribution < 1.29 is 14.3 Å². The standard InChI is InChI=1S/C12H15NO3/c1-8-3-5-9(6-4-8)11(14)7-10(13)12(15)16-2/h3-6,10H,7,13H2,1-2H3. The molecule has 1 aromatic rings. The third kappa shape index (κ3) is 3.17. The highest BCUT2D eigenvalue weighted by atomic mass is 16.5. The molecule has 2 N–H and O–H groups in total. The normalized spacial score (nSPS) is 11.9. The van der Waals surface area contributed by atoms with Gasteiger partial charge in [0.05, 0.1) is 7.11 Å². The molecular formula is C12H15NO3. The maximum absolute atomic E-state index is 11.7. The average Bonchev–Trinajstić information content (AvgIpc) is 2.28. The predicted octanol–water partition coefficient (Wildman–Crippen LogP) is 1.07. The fourth-order valence-corrected chi connectivity index (χ4v) is 1.29. The van der Waals surface area contributed by atoms with Gasteiger partial charge in [-0.3, -0.25) is 9.59 Å². The van der Waals surface area contributed by atoms with Crippen LogP contribution in [0.4, 0.5) is 0 Å². The van der Waals surface area contributed by atoms with E-state index in [1.807, 2.05) is 19.1 Å². The summed E-state index contributed by atoms with van der Waals surface area (Å²) >= 11 is 0. The molecule has 0 aromatic heterocycles. The van der Waals surface area contributed by atoms with Gasteiger partial charge in [0.1, 0.15) is 6.04 Å². The van der Waals surface area contributed by atoms with Crippen LogP contribution < -0.4 is 5.73 Å². The molecule has 4 heteroatoms. The van der Waals surface area contributed by atoms with Gasteiger partial charge in [-0.1, -0.05) is 29.8 Å². The second-order valence-electron chi connectivity index (χ2n) is 3.62. The fraction of sp³-hybridized carbons (Fsp3) is 0.333. The molecule has 1 unspecified atom stereocenters. The molecule has 1 aromatic carbocycles. The van der Waals surface area contributed by atoms with Crippen LogP contribution in [0.3, 0.4) is 0 Å². The van der Waals surface area contributed by atoms with E-state index < -0.39 is 12.0 Å². The number of ether oxygens (including phenoxy) is 1. The smallest absolute Gasteiger partial charge is 0.323 e. The van der Waals surface area contributed by atoms with Gasteiger partial charge in [0, 0.05) is 12.0 Å². The molecule has 0 amide bonds. The highest BCUT2D eigenvalue weighted by molar-refractivity contribution is 5.98.